The van der Waals surface area contributed by atoms with Crippen LogP contribution in [0.25, 0.3) is 0 Å². The summed E-state index contributed by atoms with van der Waals surface area (Å²) < 4.78 is 7.47. The summed E-state index contributed by atoms with van der Waals surface area (Å²) in [6.07, 6.45) is 18.0. The predicted molar refractivity (Wildman–Crippen MR) is 98.1 cm³/mol. The summed E-state index contributed by atoms with van der Waals surface area (Å²) in [5, 5.41) is 0. The molecule has 0 atom stereocenters. The summed E-state index contributed by atoms with van der Waals surface area (Å²) in [6, 6.07) is 0. The molecule has 0 saturated heterocycles. The molecule has 8 bridgehead atoms. The standard InChI is InChI=1S/C20H30OS2/c1-13-2-15-3-14(1)8-19(7-13,9-15)22-21-23-20-10-16-4-17(11-20)6-18(5-16)12-20/h13-18H,1-12H2. The van der Waals surface area contributed by atoms with Crippen molar-refractivity contribution in [2.75, 3.05) is 0 Å². The van der Waals surface area contributed by atoms with Gasteiger partial charge >= 0.3 is 0 Å². The second-order valence-electron chi connectivity index (χ2n) is 10.4. The molecule has 8 aliphatic rings. The number of hydrogen-bond donors (Lipinski definition) is 0. The molecule has 8 saturated carbocycles. The maximum atomic E-state index is 6.44. The van der Waals surface area contributed by atoms with Gasteiger partial charge in [-0.15, -0.1) is 0 Å². The van der Waals surface area contributed by atoms with Crippen LogP contribution in [-0.2, 0) is 3.63 Å². The van der Waals surface area contributed by atoms with E-state index in [0.717, 1.165) is 35.5 Å². The first-order chi connectivity index (χ1) is 11.2. The molecule has 8 rings (SSSR count). The van der Waals surface area contributed by atoms with Crippen LogP contribution in [0.15, 0.2) is 0 Å². The topological polar surface area (TPSA) is 9.23 Å². The molecule has 0 N–H and O–H groups in total. The average Bonchev–Trinajstić information content (AvgIpc) is 2.43. The van der Waals surface area contributed by atoms with E-state index in [4.69, 9.17) is 3.63 Å². The summed E-state index contributed by atoms with van der Waals surface area (Å²) in [7, 11) is 0. The molecule has 128 valence electrons. The van der Waals surface area contributed by atoms with E-state index in [2.05, 4.69) is 0 Å². The summed E-state index contributed by atoms with van der Waals surface area (Å²) >= 11 is 3.89. The summed E-state index contributed by atoms with van der Waals surface area (Å²) in [5.74, 6) is 6.26. The Balaban J connectivity index is 1.12. The van der Waals surface area contributed by atoms with Crippen LogP contribution in [0.5, 0.6) is 0 Å². The third-order valence-electron chi connectivity index (χ3n) is 8.39. The van der Waals surface area contributed by atoms with Crippen LogP contribution in [0, 0.1) is 35.5 Å². The SMILES string of the molecule is C1C2CC3CC1CC(SOSC14CC5CC(CC(C5)C1)C4)(C2)C3. The fourth-order valence-corrected chi connectivity index (χ4v) is 11.5. The molecular weight excluding hydrogens is 320 g/mol. The molecule has 0 spiro atoms. The average molecular weight is 351 g/mol. The molecule has 8 aliphatic carbocycles. The maximum Gasteiger partial charge on any atom is 0.0443 e. The van der Waals surface area contributed by atoms with Crippen molar-refractivity contribution in [3.63, 3.8) is 0 Å². The van der Waals surface area contributed by atoms with Crippen molar-refractivity contribution in [2.45, 2.75) is 86.5 Å². The van der Waals surface area contributed by atoms with Crippen LogP contribution in [0.3, 0.4) is 0 Å². The summed E-state index contributed by atoms with van der Waals surface area (Å²) in [5.41, 5.74) is 0. The third kappa shape index (κ3) is 2.46. The van der Waals surface area contributed by atoms with Crippen molar-refractivity contribution in [1.82, 2.24) is 0 Å². The van der Waals surface area contributed by atoms with E-state index in [1.54, 1.807) is 38.5 Å². The maximum absolute atomic E-state index is 6.44. The smallest absolute Gasteiger partial charge is 0.0443 e. The predicted octanol–water partition coefficient (Wildman–Crippen LogP) is 6.24. The van der Waals surface area contributed by atoms with Crippen molar-refractivity contribution in [3.8, 4) is 0 Å². The van der Waals surface area contributed by atoms with Crippen molar-refractivity contribution >= 4 is 24.1 Å². The highest BCUT2D eigenvalue weighted by Crippen LogP contribution is 2.64. The van der Waals surface area contributed by atoms with Crippen LogP contribution in [0.2, 0.25) is 0 Å². The molecule has 0 heterocycles. The molecule has 23 heavy (non-hydrogen) atoms. The van der Waals surface area contributed by atoms with Gasteiger partial charge in [0.05, 0.1) is 0 Å². The van der Waals surface area contributed by atoms with Gasteiger partial charge in [-0.1, -0.05) is 0 Å². The van der Waals surface area contributed by atoms with Gasteiger partial charge in [0.15, 0.2) is 0 Å². The highest BCUT2D eigenvalue weighted by molar-refractivity contribution is 8.09. The van der Waals surface area contributed by atoms with Crippen LogP contribution >= 0.6 is 24.1 Å². The van der Waals surface area contributed by atoms with Gasteiger partial charge in [-0.3, -0.25) is 0 Å². The van der Waals surface area contributed by atoms with Gasteiger partial charge in [-0.05, 0) is 113 Å². The second-order valence-corrected chi connectivity index (χ2v) is 13.0. The van der Waals surface area contributed by atoms with Gasteiger partial charge in [0, 0.05) is 33.6 Å². The molecule has 0 unspecified atom stereocenters. The lowest BCUT2D eigenvalue weighted by molar-refractivity contribution is 0.0344. The first-order valence-corrected chi connectivity index (χ1v) is 11.7. The Morgan fingerprint density at radius 3 is 1.00 bits per heavy atom. The van der Waals surface area contributed by atoms with Gasteiger partial charge in [0.25, 0.3) is 0 Å². The van der Waals surface area contributed by atoms with E-state index in [1.165, 1.54) is 38.5 Å². The van der Waals surface area contributed by atoms with Crippen LogP contribution < -0.4 is 0 Å². The second kappa shape index (κ2) is 5.10. The lowest BCUT2D eigenvalue weighted by atomic mass is 9.56. The molecule has 0 aromatic carbocycles. The van der Waals surface area contributed by atoms with Gasteiger partial charge in [-0.2, -0.15) is 0 Å². The van der Waals surface area contributed by atoms with Crippen molar-refractivity contribution in [2.24, 2.45) is 35.5 Å². The number of hydrogen-bond acceptors (Lipinski definition) is 3. The van der Waals surface area contributed by atoms with E-state index in [0.29, 0.717) is 9.49 Å². The fourth-order valence-electron chi connectivity index (χ4n) is 8.43. The molecular formula is C20H30OS2. The Morgan fingerprint density at radius 2 is 0.739 bits per heavy atom. The molecule has 0 amide bonds. The van der Waals surface area contributed by atoms with E-state index < -0.39 is 0 Å². The lowest BCUT2D eigenvalue weighted by Gasteiger charge is -2.57. The zero-order valence-corrected chi connectivity index (χ0v) is 15.8. The van der Waals surface area contributed by atoms with E-state index in [-0.39, 0.29) is 0 Å². The zero-order valence-electron chi connectivity index (χ0n) is 14.2. The molecule has 3 heteroatoms. The van der Waals surface area contributed by atoms with E-state index in [1.807, 2.05) is 24.1 Å². The Bertz CT molecular complexity index is 387. The minimum absolute atomic E-state index is 0.518. The Labute approximate surface area is 149 Å². The van der Waals surface area contributed by atoms with Crippen LogP contribution in [0.1, 0.15) is 77.0 Å². The van der Waals surface area contributed by atoms with Crippen molar-refractivity contribution in [1.29, 1.82) is 0 Å². The quantitative estimate of drug-likeness (QED) is 0.556. The molecule has 0 radical (unpaired) electrons. The lowest BCUT2D eigenvalue weighted by Crippen LogP contribution is -2.49. The summed E-state index contributed by atoms with van der Waals surface area (Å²) in [6.45, 7) is 0. The van der Waals surface area contributed by atoms with Crippen LogP contribution in [-0.4, -0.2) is 9.49 Å². The Hall–Kier alpha value is 0.660. The van der Waals surface area contributed by atoms with Crippen LogP contribution in [0.4, 0.5) is 0 Å². The van der Waals surface area contributed by atoms with Crippen molar-refractivity contribution in [3.05, 3.63) is 0 Å². The molecule has 0 aromatic rings. The Morgan fingerprint density at radius 1 is 0.478 bits per heavy atom. The molecule has 1 nitrogen and oxygen atoms in total. The normalized spacial score (nSPS) is 59.0. The Kier molecular flexibility index (Phi) is 3.28. The van der Waals surface area contributed by atoms with Gasteiger partial charge < -0.3 is 0 Å². The third-order valence-corrected chi connectivity index (χ3v) is 10.6. The van der Waals surface area contributed by atoms with E-state index >= 15 is 0 Å². The first kappa shape index (κ1) is 14.8. The minimum Gasteiger partial charge on any atom is -0.246 e. The van der Waals surface area contributed by atoms with Crippen molar-refractivity contribution < 1.29 is 3.63 Å². The highest BCUT2D eigenvalue weighted by atomic mass is 32.2. The molecule has 8 fully saturated rings. The molecule has 0 aromatic heterocycles. The van der Waals surface area contributed by atoms with Gasteiger partial charge in [0.1, 0.15) is 0 Å². The summed E-state index contributed by atoms with van der Waals surface area (Å²) in [4.78, 5) is 0. The highest BCUT2D eigenvalue weighted by Gasteiger charge is 2.54. The van der Waals surface area contributed by atoms with Gasteiger partial charge in [-0.25, -0.2) is 3.63 Å². The zero-order chi connectivity index (χ0) is 15.1. The molecule has 0 aliphatic heterocycles. The fraction of sp³-hybridized carbons (Fsp3) is 1.00. The largest absolute Gasteiger partial charge is 0.246 e. The number of rotatable bonds is 4. The van der Waals surface area contributed by atoms with E-state index in [9.17, 15) is 0 Å². The van der Waals surface area contributed by atoms with Gasteiger partial charge in [0.2, 0.25) is 0 Å². The first-order valence-electron chi connectivity index (χ1n) is 10.2. The monoisotopic (exact) mass is 350 g/mol. The minimum atomic E-state index is 0.518.